The number of aromatic nitrogens is 2. The summed E-state index contributed by atoms with van der Waals surface area (Å²) >= 11 is 0. The second-order valence-corrected chi connectivity index (χ2v) is 6.03. The molecule has 1 rings (SSSR count). The van der Waals surface area contributed by atoms with E-state index in [2.05, 4.69) is 23.7 Å². The van der Waals surface area contributed by atoms with E-state index >= 15 is 0 Å². The molecule has 0 aliphatic heterocycles. The molecule has 0 saturated carbocycles. The molecule has 0 radical (unpaired) electrons. The van der Waals surface area contributed by atoms with Crippen LogP contribution in [0, 0.1) is 5.41 Å². The highest BCUT2D eigenvalue weighted by molar-refractivity contribution is 6.10. The molecule has 0 aliphatic carbocycles. The van der Waals surface area contributed by atoms with E-state index in [0.29, 0.717) is 17.4 Å². The molecular formula is C21H37N5O. The topological polar surface area (TPSA) is 74.3 Å². The Morgan fingerprint density at radius 1 is 1.22 bits per heavy atom. The van der Waals surface area contributed by atoms with Crippen molar-refractivity contribution < 1.29 is 0 Å². The maximum absolute atomic E-state index is 12.4. The first kappa shape index (κ1) is 24.8. The van der Waals surface area contributed by atoms with Crippen molar-refractivity contribution in [1.29, 1.82) is 5.41 Å². The summed E-state index contributed by atoms with van der Waals surface area (Å²) in [6.45, 7) is 12.0. The van der Waals surface area contributed by atoms with Crippen molar-refractivity contribution in [2.24, 2.45) is 12.0 Å². The zero-order chi connectivity index (χ0) is 20.7. The lowest BCUT2D eigenvalue weighted by atomic mass is 10.2. The number of hydrogen-bond donors (Lipinski definition) is 1. The summed E-state index contributed by atoms with van der Waals surface area (Å²) in [6, 6.07) is 1.48. The van der Waals surface area contributed by atoms with Gasteiger partial charge in [-0.05, 0) is 25.8 Å². The van der Waals surface area contributed by atoms with Crippen molar-refractivity contribution in [2.45, 2.75) is 66.7 Å². The van der Waals surface area contributed by atoms with E-state index < -0.39 is 0 Å². The van der Waals surface area contributed by atoms with Crippen molar-refractivity contribution >= 4 is 18.0 Å². The van der Waals surface area contributed by atoms with E-state index in [4.69, 9.17) is 10.4 Å². The third-order valence-corrected chi connectivity index (χ3v) is 4.00. The van der Waals surface area contributed by atoms with E-state index in [1.54, 1.807) is 17.7 Å². The van der Waals surface area contributed by atoms with E-state index in [1.807, 2.05) is 26.8 Å². The molecule has 0 atom stereocenters. The minimum Gasteiger partial charge on any atom is -0.342 e. The number of anilines is 1. The van der Waals surface area contributed by atoms with Crippen molar-refractivity contribution in [3.8, 4) is 0 Å². The molecule has 0 spiro atoms. The molecule has 0 aromatic carbocycles. The summed E-state index contributed by atoms with van der Waals surface area (Å²) in [7, 11) is 1.76. The van der Waals surface area contributed by atoms with E-state index in [0.717, 1.165) is 51.5 Å². The van der Waals surface area contributed by atoms with Crippen LogP contribution in [0.1, 0.15) is 72.4 Å². The van der Waals surface area contributed by atoms with Gasteiger partial charge in [-0.2, -0.15) is 0 Å². The first-order chi connectivity index (χ1) is 13.1. The fourth-order valence-corrected chi connectivity index (χ4v) is 2.58. The summed E-state index contributed by atoms with van der Waals surface area (Å²) in [5.74, 6) is 0.675. The molecule has 1 heterocycles. The Morgan fingerprint density at radius 3 is 2.41 bits per heavy atom. The number of nitrogens with zero attached hydrogens (tertiary/aromatic N) is 4. The van der Waals surface area contributed by atoms with Gasteiger partial charge in [0.2, 0.25) is 5.95 Å². The zero-order valence-electron chi connectivity index (χ0n) is 18.0. The van der Waals surface area contributed by atoms with Gasteiger partial charge in [-0.15, -0.1) is 0 Å². The van der Waals surface area contributed by atoms with Crippen molar-refractivity contribution in [1.82, 2.24) is 9.55 Å². The molecule has 1 N–H and O–H groups in total. The molecule has 6 nitrogen and oxygen atoms in total. The van der Waals surface area contributed by atoms with Crippen LogP contribution in [0.5, 0.6) is 0 Å². The molecule has 0 aliphatic rings. The predicted octanol–water partition coefficient (Wildman–Crippen LogP) is 4.58. The van der Waals surface area contributed by atoms with Gasteiger partial charge in [0.1, 0.15) is 6.34 Å². The number of unbranched alkanes of at least 4 members (excludes halogenated alkanes) is 3. The standard InChI is InChI=1S/C19H31N5O.C2H6/c1-5-8-10-13-24(12-9-6-2)19-22-17(14-18(25)23(19)4)16(11-7-3)21-15-20;1-2/h7,11,14-15,20H,5-6,8-10,12-13H2,1-4H3;1-2H3/b11-7-,20-15?,21-16?;. The summed E-state index contributed by atoms with van der Waals surface area (Å²) in [6.07, 6.45) is 10.1. The summed E-state index contributed by atoms with van der Waals surface area (Å²) in [5.41, 5.74) is 0.927. The third-order valence-electron chi connectivity index (χ3n) is 4.00. The van der Waals surface area contributed by atoms with Gasteiger partial charge < -0.3 is 4.90 Å². The lowest BCUT2D eigenvalue weighted by Crippen LogP contribution is -2.34. The van der Waals surface area contributed by atoms with Crippen LogP contribution in [-0.2, 0) is 7.05 Å². The van der Waals surface area contributed by atoms with E-state index in [-0.39, 0.29) is 5.56 Å². The van der Waals surface area contributed by atoms with Gasteiger partial charge >= 0.3 is 0 Å². The number of allylic oxidation sites excluding steroid dienone is 2. The minimum absolute atomic E-state index is 0.112. The highest BCUT2D eigenvalue weighted by Gasteiger charge is 2.15. The molecule has 0 saturated heterocycles. The third kappa shape index (κ3) is 8.33. The second kappa shape index (κ2) is 14.9. The number of rotatable bonds is 11. The molecule has 27 heavy (non-hydrogen) atoms. The van der Waals surface area contributed by atoms with Gasteiger partial charge in [-0.3, -0.25) is 14.8 Å². The molecule has 1 aromatic rings. The quantitative estimate of drug-likeness (QED) is 0.349. The summed E-state index contributed by atoms with van der Waals surface area (Å²) in [5, 5.41) is 7.23. The monoisotopic (exact) mass is 375 g/mol. The lowest BCUT2D eigenvalue weighted by Gasteiger charge is -2.25. The van der Waals surface area contributed by atoms with Crippen LogP contribution in [0.25, 0.3) is 0 Å². The molecule has 0 amide bonds. The first-order valence-corrected chi connectivity index (χ1v) is 10.1. The number of aliphatic imine (C=N–C) groups is 1. The maximum atomic E-state index is 12.4. The zero-order valence-corrected chi connectivity index (χ0v) is 18.0. The fourth-order valence-electron chi connectivity index (χ4n) is 2.58. The van der Waals surface area contributed by atoms with Crippen LogP contribution in [-0.4, -0.2) is 34.7 Å². The molecule has 0 bridgehead atoms. The molecule has 1 aromatic heterocycles. The van der Waals surface area contributed by atoms with Gasteiger partial charge in [-0.25, -0.2) is 9.98 Å². The van der Waals surface area contributed by atoms with Crippen LogP contribution in [0.2, 0.25) is 0 Å². The predicted molar refractivity (Wildman–Crippen MR) is 118 cm³/mol. The Balaban J connectivity index is 0.00000326. The fraction of sp³-hybridized carbons (Fsp3) is 0.619. The average molecular weight is 376 g/mol. The van der Waals surface area contributed by atoms with Crippen LogP contribution in [0.15, 0.2) is 28.0 Å². The summed E-state index contributed by atoms with van der Waals surface area (Å²) < 4.78 is 1.60. The highest BCUT2D eigenvalue weighted by atomic mass is 16.1. The molecule has 6 heteroatoms. The maximum Gasteiger partial charge on any atom is 0.255 e. The number of nitrogens with one attached hydrogen (secondary N) is 1. The van der Waals surface area contributed by atoms with E-state index in [1.165, 1.54) is 6.07 Å². The Kier molecular flexibility index (Phi) is 13.6. The SMILES string of the molecule is C/C=C\C(=NC=N)c1cc(=O)n(C)c(N(CCCC)CCCCC)n1.CC. The Hall–Kier alpha value is -2.24. The Bertz CT molecular complexity index is 661. The first-order valence-electron chi connectivity index (χ1n) is 10.1. The van der Waals surface area contributed by atoms with Gasteiger partial charge in [0.15, 0.2) is 0 Å². The smallest absolute Gasteiger partial charge is 0.255 e. The van der Waals surface area contributed by atoms with Crippen LogP contribution in [0.3, 0.4) is 0 Å². The highest BCUT2D eigenvalue weighted by Crippen LogP contribution is 2.13. The minimum atomic E-state index is -0.112. The molecule has 0 fully saturated rings. The normalized spacial score (nSPS) is 11.3. The van der Waals surface area contributed by atoms with Crippen molar-refractivity contribution in [3.63, 3.8) is 0 Å². The Labute approximate surface area is 164 Å². The van der Waals surface area contributed by atoms with Crippen LogP contribution < -0.4 is 10.5 Å². The lowest BCUT2D eigenvalue weighted by molar-refractivity contribution is 0.623. The second-order valence-electron chi connectivity index (χ2n) is 6.03. The summed E-state index contributed by atoms with van der Waals surface area (Å²) in [4.78, 5) is 23.4. The largest absolute Gasteiger partial charge is 0.342 e. The van der Waals surface area contributed by atoms with Gasteiger partial charge in [0, 0.05) is 26.2 Å². The van der Waals surface area contributed by atoms with Crippen LogP contribution in [0.4, 0.5) is 5.95 Å². The van der Waals surface area contributed by atoms with Gasteiger partial charge in [-0.1, -0.05) is 53.0 Å². The Morgan fingerprint density at radius 2 is 1.85 bits per heavy atom. The molecule has 152 valence electrons. The van der Waals surface area contributed by atoms with Gasteiger partial charge in [0.05, 0.1) is 11.4 Å². The molecule has 0 unspecified atom stereocenters. The van der Waals surface area contributed by atoms with Gasteiger partial charge in [0.25, 0.3) is 5.56 Å². The van der Waals surface area contributed by atoms with Crippen molar-refractivity contribution in [2.75, 3.05) is 18.0 Å². The molecular weight excluding hydrogens is 338 g/mol. The van der Waals surface area contributed by atoms with Crippen molar-refractivity contribution in [3.05, 3.63) is 34.3 Å². The average Bonchev–Trinajstić information content (AvgIpc) is 2.68. The van der Waals surface area contributed by atoms with Crippen LogP contribution >= 0.6 is 0 Å². The number of hydrogen-bond acceptors (Lipinski definition) is 4. The van der Waals surface area contributed by atoms with E-state index in [9.17, 15) is 4.79 Å².